The number of hydrogen-bond acceptors (Lipinski definition) is 2. The average Bonchev–Trinajstić information content (AvgIpc) is 2.51. The second-order valence-corrected chi connectivity index (χ2v) is 5.99. The van der Waals surface area contributed by atoms with Crippen LogP contribution in [0.15, 0.2) is 16.7 Å². The summed E-state index contributed by atoms with van der Waals surface area (Å²) >= 11 is 3.35. The Morgan fingerprint density at radius 3 is 2.53 bits per heavy atom. The van der Waals surface area contributed by atoms with Crippen molar-refractivity contribution >= 4 is 21.8 Å². The Morgan fingerprint density at radius 1 is 1.53 bits per heavy atom. The van der Waals surface area contributed by atoms with Gasteiger partial charge in [0, 0.05) is 17.7 Å². The highest BCUT2D eigenvalue weighted by atomic mass is 79.9. The molecule has 1 N–H and O–H groups in total. The van der Waals surface area contributed by atoms with Crippen LogP contribution in [-0.4, -0.2) is 39.2 Å². The molecule has 1 amide bonds. The summed E-state index contributed by atoms with van der Waals surface area (Å²) in [5, 5.41) is 10.1. The lowest BCUT2D eigenvalue weighted by Crippen LogP contribution is -2.66. The molecule has 2 rings (SSSR count). The van der Waals surface area contributed by atoms with Crippen molar-refractivity contribution in [3.05, 3.63) is 22.4 Å². The molecule has 0 spiro atoms. The van der Waals surface area contributed by atoms with E-state index in [-0.39, 0.29) is 11.8 Å². The van der Waals surface area contributed by atoms with Crippen LogP contribution in [0.3, 0.4) is 0 Å². The number of amides is 1. The molecule has 0 aliphatic carbocycles. The number of aromatic nitrogens is 1. The first-order chi connectivity index (χ1) is 7.83. The minimum atomic E-state index is -0.710. The minimum absolute atomic E-state index is 0.0245. The Bertz CT molecular complexity index is 447. The quantitative estimate of drug-likeness (QED) is 0.902. The van der Waals surface area contributed by atoms with E-state index in [1.807, 2.05) is 27.1 Å². The van der Waals surface area contributed by atoms with Crippen molar-refractivity contribution in [1.82, 2.24) is 9.47 Å². The predicted molar refractivity (Wildman–Crippen MR) is 68.8 cm³/mol. The molecule has 0 saturated carbocycles. The van der Waals surface area contributed by atoms with Crippen molar-refractivity contribution in [2.24, 2.45) is 13.0 Å². The van der Waals surface area contributed by atoms with Gasteiger partial charge in [0.1, 0.15) is 11.3 Å². The van der Waals surface area contributed by atoms with E-state index in [1.165, 1.54) is 0 Å². The molecule has 1 aromatic rings. The summed E-state index contributed by atoms with van der Waals surface area (Å²) in [5.41, 5.74) is -0.0689. The molecule has 0 unspecified atom stereocenters. The zero-order chi connectivity index (χ0) is 12.8. The van der Waals surface area contributed by atoms with Crippen LogP contribution in [0.1, 0.15) is 24.3 Å². The van der Waals surface area contributed by atoms with Gasteiger partial charge < -0.3 is 14.6 Å². The largest absolute Gasteiger partial charge is 0.386 e. The summed E-state index contributed by atoms with van der Waals surface area (Å²) in [7, 11) is 1.84. The highest BCUT2D eigenvalue weighted by Crippen LogP contribution is 2.30. The summed E-state index contributed by atoms with van der Waals surface area (Å²) in [6.07, 6.45) is 1.85. The van der Waals surface area contributed by atoms with Crippen LogP contribution in [0.5, 0.6) is 0 Å². The molecule has 17 heavy (non-hydrogen) atoms. The number of nitrogens with zero attached hydrogens (tertiary/aromatic N) is 2. The van der Waals surface area contributed by atoms with Gasteiger partial charge in [0.15, 0.2) is 0 Å². The Hall–Kier alpha value is -0.810. The van der Waals surface area contributed by atoms with E-state index < -0.39 is 5.60 Å². The highest BCUT2D eigenvalue weighted by Gasteiger charge is 2.46. The fraction of sp³-hybridized carbons (Fsp3) is 0.583. The molecule has 4 nitrogen and oxygen atoms in total. The lowest BCUT2D eigenvalue weighted by Gasteiger charge is -2.48. The van der Waals surface area contributed by atoms with E-state index >= 15 is 0 Å². The molecule has 0 atom stereocenters. The Morgan fingerprint density at radius 2 is 2.12 bits per heavy atom. The molecule has 0 bridgehead atoms. The molecule has 1 fully saturated rings. The summed E-state index contributed by atoms with van der Waals surface area (Å²) in [4.78, 5) is 13.8. The van der Waals surface area contributed by atoms with Crippen LogP contribution in [-0.2, 0) is 7.05 Å². The van der Waals surface area contributed by atoms with E-state index in [4.69, 9.17) is 0 Å². The fourth-order valence-corrected chi connectivity index (χ4v) is 2.55. The van der Waals surface area contributed by atoms with Crippen molar-refractivity contribution in [3.8, 4) is 0 Å². The Kier molecular flexibility index (Phi) is 3.08. The van der Waals surface area contributed by atoms with Crippen LogP contribution >= 0.6 is 15.9 Å². The first-order valence-corrected chi connectivity index (χ1v) is 6.46. The molecule has 1 aliphatic rings. The number of aliphatic hydroxyl groups is 1. The SMILES string of the molecule is CC(C)C1(O)CN(C(=O)c2cc(Br)cn2C)C1. The topological polar surface area (TPSA) is 45.5 Å². The van der Waals surface area contributed by atoms with Crippen molar-refractivity contribution < 1.29 is 9.90 Å². The molecule has 94 valence electrons. The van der Waals surface area contributed by atoms with Gasteiger partial charge in [-0.05, 0) is 27.9 Å². The normalized spacial score (nSPS) is 18.4. The third-order valence-corrected chi connectivity index (χ3v) is 3.92. The van der Waals surface area contributed by atoms with Crippen molar-refractivity contribution in [2.45, 2.75) is 19.4 Å². The molecule has 1 aliphatic heterocycles. The third kappa shape index (κ3) is 2.13. The Balaban J connectivity index is 2.08. The van der Waals surface area contributed by atoms with E-state index in [0.717, 1.165) is 4.47 Å². The van der Waals surface area contributed by atoms with Gasteiger partial charge in [0.25, 0.3) is 5.91 Å². The highest BCUT2D eigenvalue weighted by molar-refractivity contribution is 9.10. The standard InChI is InChI=1S/C12H17BrN2O2/c1-8(2)12(17)6-15(7-12)11(16)10-4-9(13)5-14(10)3/h4-5,8,17H,6-7H2,1-3H3. The number of aryl methyl sites for hydroxylation is 1. The molecular weight excluding hydrogens is 284 g/mol. The third-order valence-electron chi connectivity index (χ3n) is 3.48. The van der Waals surface area contributed by atoms with Gasteiger partial charge in [0.2, 0.25) is 0 Å². The summed E-state index contributed by atoms with van der Waals surface area (Å²) in [6, 6.07) is 1.80. The summed E-state index contributed by atoms with van der Waals surface area (Å²) < 4.78 is 2.68. The number of halogens is 1. The monoisotopic (exact) mass is 300 g/mol. The molecule has 0 aromatic carbocycles. The van der Waals surface area contributed by atoms with E-state index in [0.29, 0.717) is 18.8 Å². The van der Waals surface area contributed by atoms with Gasteiger partial charge in [-0.2, -0.15) is 0 Å². The number of hydrogen-bond donors (Lipinski definition) is 1. The van der Waals surface area contributed by atoms with Gasteiger partial charge in [0.05, 0.1) is 13.1 Å². The zero-order valence-electron chi connectivity index (χ0n) is 10.3. The average molecular weight is 301 g/mol. The smallest absolute Gasteiger partial charge is 0.270 e. The van der Waals surface area contributed by atoms with Gasteiger partial charge in [-0.25, -0.2) is 0 Å². The molecule has 1 aromatic heterocycles. The van der Waals surface area contributed by atoms with Gasteiger partial charge >= 0.3 is 0 Å². The summed E-state index contributed by atoms with van der Waals surface area (Å²) in [5.74, 6) is 0.148. The lowest BCUT2D eigenvalue weighted by atomic mass is 9.83. The molecule has 2 heterocycles. The van der Waals surface area contributed by atoms with E-state index in [1.54, 1.807) is 15.5 Å². The first kappa shape index (κ1) is 12.6. The fourth-order valence-electron chi connectivity index (χ4n) is 2.02. The predicted octanol–water partition coefficient (Wildman–Crippen LogP) is 1.63. The van der Waals surface area contributed by atoms with Crippen molar-refractivity contribution in [2.75, 3.05) is 13.1 Å². The summed E-state index contributed by atoms with van der Waals surface area (Å²) in [6.45, 7) is 4.79. The van der Waals surface area contributed by atoms with E-state index in [9.17, 15) is 9.90 Å². The van der Waals surface area contributed by atoms with Crippen LogP contribution in [0, 0.1) is 5.92 Å². The zero-order valence-corrected chi connectivity index (χ0v) is 11.9. The van der Waals surface area contributed by atoms with Crippen LogP contribution in [0.25, 0.3) is 0 Å². The van der Waals surface area contributed by atoms with Crippen LogP contribution in [0.2, 0.25) is 0 Å². The lowest BCUT2D eigenvalue weighted by molar-refractivity contribution is -0.111. The second-order valence-electron chi connectivity index (χ2n) is 5.07. The number of likely N-dealkylation sites (tertiary alicyclic amines) is 1. The molecule has 0 radical (unpaired) electrons. The number of rotatable bonds is 2. The van der Waals surface area contributed by atoms with Crippen molar-refractivity contribution in [3.63, 3.8) is 0 Å². The molecular formula is C12H17BrN2O2. The molecule has 5 heteroatoms. The molecule has 1 saturated heterocycles. The van der Waals surface area contributed by atoms with E-state index in [2.05, 4.69) is 15.9 Å². The second kappa shape index (κ2) is 4.14. The van der Waals surface area contributed by atoms with Gasteiger partial charge in [-0.15, -0.1) is 0 Å². The van der Waals surface area contributed by atoms with Crippen molar-refractivity contribution in [1.29, 1.82) is 0 Å². The Labute approximate surface area is 109 Å². The number of β-amino-alcohol motifs (C(OH)–C–C–N with tert-alkyl or cyclic N) is 1. The number of carbonyl (C=O) groups is 1. The maximum absolute atomic E-state index is 12.1. The van der Waals surface area contributed by atoms with Gasteiger partial charge in [-0.1, -0.05) is 13.8 Å². The maximum Gasteiger partial charge on any atom is 0.270 e. The van der Waals surface area contributed by atoms with Crippen LogP contribution in [0.4, 0.5) is 0 Å². The van der Waals surface area contributed by atoms with Gasteiger partial charge in [-0.3, -0.25) is 4.79 Å². The number of carbonyl (C=O) groups excluding carboxylic acids is 1. The minimum Gasteiger partial charge on any atom is -0.386 e. The maximum atomic E-state index is 12.1. The first-order valence-electron chi connectivity index (χ1n) is 5.67. The van der Waals surface area contributed by atoms with Crippen LogP contribution < -0.4 is 0 Å².